The van der Waals surface area contributed by atoms with Crippen LogP contribution in [0.15, 0.2) is 30.3 Å². The Morgan fingerprint density at radius 1 is 1.18 bits per heavy atom. The van der Waals surface area contributed by atoms with E-state index < -0.39 is 0 Å². The molecule has 1 aromatic rings. The average molecular weight is 234 g/mol. The predicted octanol–water partition coefficient (Wildman–Crippen LogP) is -0.202. The lowest BCUT2D eigenvalue weighted by Crippen LogP contribution is -2.50. The number of piperazine rings is 1. The number of carbonyl (C=O) groups excluding carboxylic acids is 1. The van der Waals surface area contributed by atoms with Crippen molar-refractivity contribution in [2.24, 2.45) is 5.84 Å². The summed E-state index contributed by atoms with van der Waals surface area (Å²) in [6, 6.07) is 10.3. The van der Waals surface area contributed by atoms with Crippen LogP contribution in [0.1, 0.15) is 0 Å². The van der Waals surface area contributed by atoms with Crippen molar-refractivity contribution in [1.29, 1.82) is 0 Å². The fraction of sp³-hybridized carbons (Fsp3) is 0.417. The zero-order valence-electron chi connectivity index (χ0n) is 9.80. The van der Waals surface area contributed by atoms with Crippen molar-refractivity contribution < 1.29 is 4.79 Å². The molecule has 1 aliphatic heterocycles. The minimum absolute atomic E-state index is 0.127. The second-order valence-corrected chi connectivity index (χ2v) is 4.17. The number of nitrogens with two attached hydrogens (primary N) is 1. The molecule has 3 N–H and O–H groups in total. The molecule has 0 unspecified atom stereocenters. The van der Waals surface area contributed by atoms with E-state index in [2.05, 4.69) is 27.4 Å². The van der Waals surface area contributed by atoms with E-state index >= 15 is 0 Å². The van der Waals surface area contributed by atoms with Crippen LogP contribution < -0.4 is 16.2 Å². The van der Waals surface area contributed by atoms with Gasteiger partial charge in [0.2, 0.25) is 5.91 Å². The topological polar surface area (TPSA) is 61.6 Å². The number of benzene rings is 1. The average Bonchev–Trinajstić information content (AvgIpc) is 2.40. The van der Waals surface area contributed by atoms with Crippen molar-refractivity contribution in [3.05, 3.63) is 30.3 Å². The first-order valence-electron chi connectivity index (χ1n) is 5.81. The summed E-state index contributed by atoms with van der Waals surface area (Å²) < 4.78 is 0. The molecule has 5 nitrogen and oxygen atoms in total. The highest BCUT2D eigenvalue weighted by atomic mass is 16.2. The molecule has 0 aliphatic carbocycles. The van der Waals surface area contributed by atoms with Crippen molar-refractivity contribution in [3.8, 4) is 0 Å². The molecule has 0 spiro atoms. The summed E-state index contributed by atoms with van der Waals surface area (Å²) in [6.45, 7) is 4.06. The van der Waals surface area contributed by atoms with Crippen LogP contribution in [0.5, 0.6) is 0 Å². The summed E-state index contributed by atoms with van der Waals surface area (Å²) in [6.07, 6.45) is 0. The molecule has 0 aromatic heterocycles. The predicted molar refractivity (Wildman–Crippen MR) is 67.4 cm³/mol. The van der Waals surface area contributed by atoms with Gasteiger partial charge in [-0.25, -0.2) is 5.84 Å². The van der Waals surface area contributed by atoms with E-state index in [0.717, 1.165) is 26.2 Å². The van der Waals surface area contributed by atoms with E-state index in [1.807, 2.05) is 18.2 Å². The summed E-state index contributed by atoms with van der Waals surface area (Å²) in [4.78, 5) is 15.6. The number of nitrogens with one attached hydrogen (secondary N) is 1. The fourth-order valence-electron chi connectivity index (χ4n) is 2.05. The van der Waals surface area contributed by atoms with Crippen molar-refractivity contribution in [2.45, 2.75) is 0 Å². The van der Waals surface area contributed by atoms with Gasteiger partial charge in [0, 0.05) is 31.9 Å². The Bertz CT molecular complexity index is 360. The zero-order chi connectivity index (χ0) is 12.1. The molecular formula is C12H18N4O. The number of amides is 1. The summed E-state index contributed by atoms with van der Waals surface area (Å²) in [5.41, 5.74) is 3.41. The summed E-state index contributed by atoms with van der Waals surface area (Å²) in [5.74, 6) is 4.94. The quantitative estimate of drug-likeness (QED) is 0.432. The summed E-state index contributed by atoms with van der Waals surface area (Å²) >= 11 is 0. The van der Waals surface area contributed by atoms with Crippen molar-refractivity contribution in [1.82, 2.24) is 10.3 Å². The first-order valence-corrected chi connectivity index (χ1v) is 5.81. The Balaban J connectivity index is 1.84. The molecule has 0 bridgehead atoms. The van der Waals surface area contributed by atoms with Gasteiger partial charge in [-0.1, -0.05) is 18.2 Å². The van der Waals surface area contributed by atoms with Crippen LogP contribution in [0.4, 0.5) is 5.69 Å². The largest absolute Gasteiger partial charge is 0.369 e. The van der Waals surface area contributed by atoms with Gasteiger partial charge in [0.05, 0.1) is 6.54 Å². The minimum atomic E-state index is -0.127. The molecule has 1 saturated heterocycles. The second-order valence-electron chi connectivity index (χ2n) is 4.17. The second kappa shape index (κ2) is 5.65. The summed E-state index contributed by atoms with van der Waals surface area (Å²) in [5, 5.41) is 0. The van der Waals surface area contributed by atoms with Crippen molar-refractivity contribution in [3.63, 3.8) is 0 Å². The molecule has 92 valence electrons. The van der Waals surface area contributed by atoms with Crippen LogP contribution in [-0.2, 0) is 4.79 Å². The smallest absolute Gasteiger partial charge is 0.248 e. The SMILES string of the molecule is NNC(=O)CN1CCN(c2ccccc2)CC1. The Morgan fingerprint density at radius 2 is 1.82 bits per heavy atom. The van der Waals surface area contributed by atoms with Gasteiger partial charge in [-0.3, -0.25) is 15.1 Å². The molecule has 0 atom stereocenters. The van der Waals surface area contributed by atoms with Gasteiger partial charge in [0.25, 0.3) is 0 Å². The highest BCUT2D eigenvalue weighted by molar-refractivity contribution is 5.77. The van der Waals surface area contributed by atoms with Gasteiger partial charge in [-0.15, -0.1) is 0 Å². The van der Waals surface area contributed by atoms with Crippen molar-refractivity contribution >= 4 is 11.6 Å². The van der Waals surface area contributed by atoms with E-state index in [4.69, 9.17) is 5.84 Å². The lowest BCUT2D eigenvalue weighted by atomic mass is 10.2. The van der Waals surface area contributed by atoms with Crippen LogP contribution in [0.3, 0.4) is 0 Å². The Hall–Kier alpha value is -1.59. The van der Waals surface area contributed by atoms with Crippen LogP contribution in [0.2, 0.25) is 0 Å². The van der Waals surface area contributed by atoms with Crippen LogP contribution in [0, 0.1) is 0 Å². The van der Waals surface area contributed by atoms with E-state index in [-0.39, 0.29) is 5.91 Å². The van der Waals surface area contributed by atoms with E-state index in [1.165, 1.54) is 5.69 Å². The maximum atomic E-state index is 11.1. The van der Waals surface area contributed by atoms with Crippen LogP contribution >= 0.6 is 0 Å². The first-order chi connectivity index (χ1) is 8.29. The summed E-state index contributed by atoms with van der Waals surface area (Å²) in [7, 11) is 0. The van der Waals surface area contributed by atoms with Crippen LogP contribution in [0.25, 0.3) is 0 Å². The maximum Gasteiger partial charge on any atom is 0.248 e. The molecule has 1 fully saturated rings. The van der Waals surface area contributed by atoms with Gasteiger partial charge in [-0.2, -0.15) is 0 Å². The maximum absolute atomic E-state index is 11.1. The van der Waals surface area contributed by atoms with E-state index in [9.17, 15) is 4.79 Å². The first kappa shape index (κ1) is 11.9. The number of anilines is 1. The molecular weight excluding hydrogens is 216 g/mol. The third-order valence-electron chi connectivity index (χ3n) is 3.02. The van der Waals surface area contributed by atoms with Gasteiger partial charge < -0.3 is 4.90 Å². The third-order valence-corrected chi connectivity index (χ3v) is 3.02. The molecule has 1 heterocycles. The highest BCUT2D eigenvalue weighted by Gasteiger charge is 2.18. The normalized spacial score (nSPS) is 16.9. The number of hydrogen-bond donors (Lipinski definition) is 2. The number of hydrazine groups is 1. The van der Waals surface area contributed by atoms with Gasteiger partial charge in [-0.05, 0) is 12.1 Å². The molecule has 17 heavy (non-hydrogen) atoms. The Kier molecular flexibility index (Phi) is 3.95. The molecule has 2 rings (SSSR count). The highest BCUT2D eigenvalue weighted by Crippen LogP contribution is 2.15. The molecule has 1 aromatic carbocycles. The lowest BCUT2D eigenvalue weighted by Gasteiger charge is -2.35. The number of para-hydroxylation sites is 1. The lowest BCUT2D eigenvalue weighted by molar-refractivity contribution is -0.122. The number of nitrogens with zero attached hydrogens (tertiary/aromatic N) is 2. The molecule has 0 saturated carbocycles. The van der Waals surface area contributed by atoms with E-state index in [1.54, 1.807) is 0 Å². The molecule has 1 aliphatic rings. The monoisotopic (exact) mass is 234 g/mol. The number of hydrogen-bond acceptors (Lipinski definition) is 4. The fourth-order valence-corrected chi connectivity index (χ4v) is 2.05. The Morgan fingerprint density at radius 3 is 2.41 bits per heavy atom. The van der Waals surface area contributed by atoms with E-state index in [0.29, 0.717) is 6.54 Å². The molecule has 1 amide bonds. The third kappa shape index (κ3) is 3.18. The number of rotatable bonds is 3. The van der Waals surface area contributed by atoms with Gasteiger partial charge in [0.15, 0.2) is 0 Å². The minimum Gasteiger partial charge on any atom is -0.369 e. The van der Waals surface area contributed by atoms with Crippen molar-refractivity contribution in [2.75, 3.05) is 37.6 Å². The molecule has 5 heteroatoms. The van der Waals surface area contributed by atoms with Gasteiger partial charge in [0.1, 0.15) is 0 Å². The molecule has 0 radical (unpaired) electrons. The van der Waals surface area contributed by atoms with Crippen LogP contribution in [-0.4, -0.2) is 43.5 Å². The standard InChI is InChI=1S/C12H18N4O/c13-14-12(17)10-15-6-8-16(9-7-15)11-4-2-1-3-5-11/h1-5H,6-10,13H2,(H,14,17). The zero-order valence-corrected chi connectivity index (χ0v) is 9.80. The Labute approximate surface area is 101 Å². The van der Waals surface area contributed by atoms with Gasteiger partial charge >= 0.3 is 0 Å². The number of carbonyl (C=O) groups is 1.